The zero-order valence-electron chi connectivity index (χ0n) is 13.4. The molecular weight excluding hydrogens is 286 g/mol. The number of amides is 1. The Balaban J connectivity index is 2.87. The molecule has 1 aromatic heterocycles. The standard InChI is InChI=1S/C13H23N7O2/c1-5-6-16-9-8(7-14)10(18-11(15)17-9)19-20-12(21)22-13(2,3)4/h7,14H,5-6H2,1-4H3,(H,20,21)(H4,15,16,17,18,19)/p+1. The van der Waals surface area contributed by atoms with Gasteiger partial charge in [-0.2, -0.15) is 9.97 Å². The third-order valence-electron chi connectivity index (χ3n) is 2.35. The predicted octanol–water partition coefficient (Wildman–Crippen LogP) is -0.0897. The number of hydrazine groups is 1. The van der Waals surface area contributed by atoms with Crippen molar-refractivity contribution < 1.29 is 14.9 Å². The molecule has 1 heterocycles. The van der Waals surface area contributed by atoms with Gasteiger partial charge in [0.1, 0.15) is 17.0 Å². The van der Waals surface area contributed by atoms with Crippen LogP contribution in [0.25, 0.3) is 0 Å². The molecule has 0 aromatic carbocycles. The highest BCUT2D eigenvalue weighted by atomic mass is 16.6. The molecule has 0 aliphatic heterocycles. The molecule has 0 saturated carbocycles. The molecule has 0 unspecified atom stereocenters. The zero-order valence-corrected chi connectivity index (χ0v) is 13.4. The molecule has 0 atom stereocenters. The number of carbonyl (C=O) groups excluding carboxylic acids is 1. The van der Waals surface area contributed by atoms with Gasteiger partial charge in [0.25, 0.3) is 0 Å². The van der Waals surface area contributed by atoms with Crippen molar-refractivity contribution in [1.29, 1.82) is 0 Å². The monoisotopic (exact) mass is 310 g/mol. The van der Waals surface area contributed by atoms with Crippen molar-refractivity contribution in [3.05, 3.63) is 5.56 Å². The molecular formula is C13H24N7O2+. The van der Waals surface area contributed by atoms with Crippen LogP contribution in [0.15, 0.2) is 0 Å². The highest BCUT2D eigenvalue weighted by molar-refractivity contribution is 5.90. The summed E-state index contributed by atoms with van der Waals surface area (Å²) in [7, 11) is 0. The van der Waals surface area contributed by atoms with E-state index < -0.39 is 11.7 Å². The Bertz CT molecular complexity index is 540. The summed E-state index contributed by atoms with van der Waals surface area (Å²) in [4.78, 5) is 19.8. The van der Waals surface area contributed by atoms with Gasteiger partial charge >= 0.3 is 6.09 Å². The van der Waals surface area contributed by atoms with Gasteiger partial charge in [-0.15, -0.1) is 0 Å². The van der Waals surface area contributed by atoms with Crippen LogP contribution in [0.4, 0.5) is 22.4 Å². The minimum absolute atomic E-state index is 0.0534. The number of anilines is 3. The van der Waals surface area contributed by atoms with Gasteiger partial charge in [0.2, 0.25) is 5.95 Å². The Hall–Kier alpha value is -2.58. The van der Waals surface area contributed by atoms with E-state index >= 15 is 0 Å². The number of nitrogens with two attached hydrogens (primary N) is 2. The van der Waals surface area contributed by atoms with Crippen molar-refractivity contribution in [2.45, 2.75) is 39.7 Å². The van der Waals surface area contributed by atoms with E-state index in [0.717, 1.165) is 6.42 Å². The third kappa shape index (κ3) is 5.43. The summed E-state index contributed by atoms with van der Waals surface area (Å²) in [6, 6.07) is 0. The van der Waals surface area contributed by atoms with E-state index in [-0.39, 0.29) is 11.8 Å². The van der Waals surface area contributed by atoms with E-state index in [1.807, 2.05) is 6.92 Å². The minimum atomic E-state index is -0.643. The van der Waals surface area contributed by atoms with Gasteiger partial charge in [0.15, 0.2) is 12.0 Å². The highest BCUT2D eigenvalue weighted by Gasteiger charge is 2.18. The van der Waals surface area contributed by atoms with Crippen LogP contribution in [-0.4, -0.2) is 34.4 Å². The molecule has 22 heavy (non-hydrogen) atoms. The first kappa shape index (κ1) is 17.5. The van der Waals surface area contributed by atoms with Crippen LogP contribution in [0.2, 0.25) is 0 Å². The van der Waals surface area contributed by atoms with Crippen molar-refractivity contribution >= 4 is 29.9 Å². The summed E-state index contributed by atoms with van der Waals surface area (Å²) in [5.74, 6) is 0.822. The van der Waals surface area contributed by atoms with Crippen LogP contribution in [0.1, 0.15) is 39.7 Å². The first-order valence-electron chi connectivity index (χ1n) is 6.98. The predicted molar refractivity (Wildman–Crippen MR) is 85.3 cm³/mol. The normalized spacial score (nSPS) is 10.7. The number of hydrogen-bond donors (Lipinski definition) is 5. The number of rotatable bonds is 6. The van der Waals surface area contributed by atoms with Gasteiger partial charge in [0.05, 0.1) is 0 Å². The number of ether oxygens (including phenoxy) is 1. The van der Waals surface area contributed by atoms with Gasteiger partial charge in [-0.05, 0) is 27.2 Å². The smallest absolute Gasteiger partial charge is 0.426 e. The Morgan fingerprint density at radius 3 is 2.55 bits per heavy atom. The molecule has 1 rings (SSSR count). The van der Waals surface area contributed by atoms with Crippen LogP contribution < -0.4 is 27.3 Å². The number of nitrogens with one attached hydrogen (secondary N) is 3. The molecule has 0 saturated heterocycles. The van der Waals surface area contributed by atoms with E-state index in [1.54, 1.807) is 20.8 Å². The summed E-state index contributed by atoms with van der Waals surface area (Å²) in [5, 5.41) is 8.71. The molecule has 0 fully saturated rings. The first-order chi connectivity index (χ1) is 10.3. The Morgan fingerprint density at radius 1 is 1.36 bits per heavy atom. The molecule has 122 valence electrons. The third-order valence-corrected chi connectivity index (χ3v) is 2.35. The van der Waals surface area contributed by atoms with Crippen molar-refractivity contribution in [2.75, 3.05) is 23.0 Å². The lowest BCUT2D eigenvalue weighted by atomic mass is 10.2. The molecule has 9 nitrogen and oxygen atoms in total. The van der Waals surface area contributed by atoms with E-state index in [2.05, 4.69) is 26.1 Å². The Labute approximate surface area is 129 Å². The summed E-state index contributed by atoms with van der Waals surface area (Å²) in [6.45, 7) is 8.02. The van der Waals surface area contributed by atoms with Crippen LogP contribution in [0, 0.1) is 0 Å². The van der Waals surface area contributed by atoms with E-state index in [4.69, 9.17) is 15.9 Å². The lowest BCUT2D eigenvalue weighted by molar-refractivity contribution is -0.104. The second kappa shape index (κ2) is 7.43. The van der Waals surface area contributed by atoms with Crippen molar-refractivity contribution in [3.63, 3.8) is 0 Å². The fraction of sp³-hybridized carbons (Fsp3) is 0.538. The highest BCUT2D eigenvalue weighted by Crippen LogP contribution is 2.19. The van der Waals surface area contributed by atoms with Gasteiger partial charge < -0.3 is 15.8 Å². The molecule has 0 aliphatic rings. The second-order valence-corrected chi connectivity index (χ2v) is 5.54. The fourth-order valence-electron chi connectivity index (χ4n) is 1.53. The van der Waals surface area contributed by atoms with Crippen LogP contribution in [0.3, 0.4) is 0 Å². The van der Waals surface area contributed by atoms with Crippen LogP contribution >= 0.6 is 0 Å². The van der Waals surface area contributed by atoms with Gasteiger partial charge in [-0.1, -0.05) is 6.92 Å². The lowest BCUT2D eigenvalue weighted by Crippen LogP contribution is -2.37. The maximum atomic E-state index is 11.6. The molecule has 0 aliphatic carbocycles. The van der Waals surface area contributed by atoms with Crippen molar-refractivity contribution in [1.82, 2.24) is 15.4 Å². The van der Waals surface area contributed by atoms with Crippen LogP contribution in [-0.2, 0) is 4.74 Å². The van der Waals surface area contributed by atoms with Crippen molar-refractivity contribution in [3.8, 4) is 0 Å². The quantitative estimate of drug-likeness (QED) is 0.365. The summed E-state index contributed by atoms with van der Waals surface area (Å²) in [5.41, 5.74) is 10.6. The first-order valence-corrected chi connectivity index (χ1v) is 6.98. The molecule has 0 bridgehead atoms. The molecule has 0 spiro atoms. The topological polar surface area (TPSA) is 140 Å². The Kier molecular flexibility index (Phi) is 5.90. The SMILES string of the molecule is CCCNc1nc(N)nc(NNC(=O)OC(C)(C)C)c1C=[NH2+]. The average Bonchev–Trinajstić information content (AvgIpc) is 2.40. The number of nitrogens with zero attached hydrogens (tertiary/aromatic N) is 2. The number of carbonyl (C=O) groups is 1. The number of hydrogen-bond acceptors (Lipinski definition) is 7. The molecule has 9 heteroatoms. The fourth-order valence-corrected chi connectivity index (χ4v) is 1.53. The summed E-state index contributed by atoms with van der Waals surface area (Å²) >= 11 is 0. The molecule has 7 N–H and O–H groups in total. The largest absolute Gasteiger partial charge is 0.443 e. The number of aromatic nitrogens is 2. The zero-order chi connectivity index (χ0) is 16.8. The molecule has 1 aromatic rings. The van der Waals surface area contributed by atoms with Gasteiger partial charge in [0, 0.05) is 6.54 Å². The number of nitrogen functional groups attached to an aromatic ring is 1. The lowest BCUT2D eigenvalue weighted by Gasteiger charge is -2.20. The maximum absolute atomic E-state index is 11.6. The minimum Gasteiger partial charge on any atom is -0.443 e. The van der Waals surface area contributed by atoms with E-state index in [0.29, 0.717) is 17.9 Å². The van der Waals surface area contributed by atoms with Gasteiger partial charge in [-0.25, -0.2) is 10.2 Å². The maximum Gasteiger partial charge on any atom is 0.426 e. The average molecular weight is 310 g/mol. The molecule has 1 amide bonds. The van der Waals surface area contributed by atoms with E-state index in [1.165, 1.54) is 6.21 Å². The van der Waals surface area contributed by atoms with Crippen molar-refractivity contribution in [2.24, 2.45) is 0 Å². The molecule has 0 radical (unpaired) electrons. The summed E-state index contributed by atoms with van der Waals surface area (Å²) in [6.07, 6.45) is 1.60. The second-order valence-electron chi connectivity index (χ2n) is 5.54. The van der Waals surface area contributed by atoms with Crippen LogP contribution in [0.5, 0.6) is 0 Å². The summed E-state index contributed by atoms with van der Waals surface area (Å²) < 4.78 is 5.11. The van der Waals surface area contributed by atoms with Gasteiger partial charge in [-0.3, -0.25) is 10.8 Å². The Morgan fingerprint density at radius 2 is 2.00 bits per heavy atom. The van der Waals surface area contributed by atoms with E-state index in [9.17, 15) is 4.79 Å².